The molecule has 0 amide bonds. The fourth-order valence-corrected chi connectivity index (χ4v) is 4.25. The lowest BCUT2D eigenvalue weighted by molar-refractivity contribution is 0.0166. The largest absolute Gasteiger partial charge is 0.424 e. The Morgan fingerprint density at radius 3 is 2.54 bits per heavy atom. The zero-order valence-electron chi connectivity index (χ0n) is 13.2. The molecule has 24 heavy (non-hydrogen) atoms. The van der Waals surface area contributed by atoms with Gasteiger partial charge in [-0.2, -0.15) is 4.31 Å². The van der Waals surface area contributed by atoms with Crippen molar-refractivity contribution in [3.8, 4) is 0 Å². The Morgan fingerprint density at radius 2 is 1.96 bits per heavy atom. The molecule has 130 valence electrons. The van der Waals surface area contributed by atoms with Gasteiger partial charge in [-0.25, -0.2) is 17.2 Å². The molecule has 3 rings (SSSR count). The number of sulfonamides is 1. The summed E-state index contributed by atoms with van der Waals surface area (Å²) in [6.07, 6.45) is -0.232. The van der Waals surface area contributed by atoms with Crippen molar-refractivity contribution in [3.63, 3.8) is 0 Å². The van der Waals surface area contributed by atoms with Gasteiger partial charge in [0, 0.05) is 12.8 Å². The first-order valence-corrected chi connectivity index (χ1v) is 8.95. The normalized spacial score (nSPS) is 21.2. The summed E-state index contributed by atoms with van der Waals surface area (Å²) in [4.78, 5) is -0.0361. The van der Waals surface area contributed by atoms with Gasteiger partial charge in [-0.05, 0) is 19.1 Å². The molecule has 0 aliphatic carbocycles. The second kappa shape index (κ2) is 5.89. The van der Waals surface area contributed by atoms with E-state index in [-0.39, 0.29) is 16.7 Å². The Morgan fingerprint density at radius 1 is 1.29 bits per heavy atom. The highest BCUT2D eigenvalue weighted by atomic mass is 32.2. The van der Waals surface area contributed by atoms with Gasteiger partial charge in [-0.3, -0.25) is 0 Å². The van der Waals surface area contributed by atoms with Crippen LogP contribution in [0.2, 0.25) is 0 Å². The predicted octanol–water partition coefficient (Wildman–Crippen LogP) is 2.71. The minimum absolute atomic E-state index is 0.0361. The van der Waals surface area contributed by atoms with Gasteiger partial charge < -0.3 is 4.42 Å². The van der Waals surface area contributed by atoms with Crippen LogP contribution in [0.5, 0.6) is 0 Å². The van der Waals surface area contributed by atoms with Crippen molar-refractivity contribution in [3.05, 3.63) is 41.6 Å². The number of halogens is 2. The summed E-state index contributed by atoms with van der Waals surface area (Å²) in [5, 5.41) is 7.49. The molecule has 0 N–H and O–H groups in total. The summed E-state index contributed by atoms with van der Waals surface area (Å²) in [5.41, 5.74) is 0.877. The number of nitrogens with zero attached hydrogens (tertiary/aromatic N) is 3. The van der Waals surface area contributed by atoms with E-state index in [2.05, 4.69) is 10.2 Å². The lowest BCUT2D eigenvalue weighted by Crippen LogP contribution is -2.33. The second-order valence-corrected chi connectivity index (χ2v) is 7.72. The van der Waals surface area contributed by atoms with Crippen molar-refractivity contribution in [2.24, 2.45) is 0 Å². The molecule has 0 bridgehead atoms. The molecule has 2 heterocycles. The Kier molecular flexibility index (Phi) is 4.16. The first-order valence-electron chi connectivity index (χ1n) is 7.51. The van der Waals surface area contributed by atoms with Crippen molar-refractivity contribution in [1.29, 1.82) is 0 Å². The van der Waals surface area contributed by atoms with Crippen LogP contribution in [-0.2, 0) is 16.4 Å². The number of benzene rings is 1. The molecule has 1 fully saturated rings. The number of rotatable bonds is 4. The molecule has 1 atom stereocenters. The van der Waals surface area contributed by atoms with Crippen molar-refractivity contribution in [1.82, 2.24) is 14.5 Å². The molecular weight excluding hydrogens is 340 g/mol. The number of aryl methyl sites for hydroxylation is 2. The lowest BCUT2D eigenvalue weighted by Gasteiger charge is -2.21. The van der Waals surface area contributed by atoms with Gasteiger partial charge >= 0.3 is 0 Å². The summed E-state index contributed by atoms with van der Waals surface area (Å²) in [6, 6.07) is 4.89. The fourth-order valence-electron chi connectivity index (χ4n) is 2.64. The van der Waals surface area contributed by atoms with Crippen molar-refractivity contribution in [2.75, 3.05) is 6.54 Å². The van der Waals surface area contributed by atoms with Gasteiger partial charge in [0.15, 0.2) is 0 Å². The zero-order chi connectivity index (χ0) is 17.5. The van der Waals surface area contributed by atoms with E-state index < -0.39 is 35.0 Å². The third-order valence-corrected chi connectivity index (χ3v) is 5.79. The SMILES string of the molecule is CCc1nnc([C@@H]2CC(F)(F)CN2S(=O)(=O)c2ccc(C)cc2)o1. The van der Waals surface area contributed by atoms with E-state index in [4.69, 9.17) is 4.42 Å². The Bertz CT molecular complexity index is 834. The smallest absolute Gasteiger partial charge is 0.263 e. The first-order chi connectivity index (χ1) is 11.2. The molecule has 0 unspecified atom stereocenters. The maximum absolute atomic E-state index is 13.9. The van der Waals surface area contributed by atoms with Crippen molar-refractivity contribution >= 4 is 10.0 Å². The molecule has 1 aliphatic rings. The van der Waals surface area contributed by atoms with Gasteiger partial charge in [0.2, 0.25) is 21.8 Å². The van der Waals surface area contributed by atoms with Gasteiger partial charge in [0.25, 0.3) is 5.92 Å². The first kappa shape index (κ1) is 17.0. The van der Waals surface area contributed by atoms with E-state index in [9.17, 15) is 17.2 Å². The maximum Gasteiger partial charge on any atom is 0.263 e. The summed E-state index contributed by atoms with van der Waals surface area (Å²) in [6.45, 7) is 2.69. The van der Waals surface area contributed by atoms with E-state index in [1.54, 1.807) is 19.1 Å². The van der Waals surface area contributed by atoms with E-state index in [1.165, 1.54) is 12.1 Å². The van der Waals surface area contributed by atoms with Gasteiger partial charge in [-0.1, -0.05) is 24.6 Å². The van der Waals surface area contributed by atoms with Crippen LogP contribution >= 0.6 is 0 Å². The highest BCUT2D eigenvalue weighted by Crippen LogP contribution is 2.43. The molecule has 0 saturated carbocycles. The zero-order valence-corrected chi connectivity index (χ0v) is 14.1. The van der Waals surface area contributed by atoms with E-state index in [1.807, 2.05) is 6.92 Å². The lowest BCUT2D eigenvalue weighted by atomic mass is 10.2. The molecule has 2 aromatic rings. The van der Waals surface area contributed by atoms with Crippen LogP contribution in [0, 0.1) is 6.92 Å². The van der Waals surface area contributed by atoms with Crippen LogP contribution in [0.4, 0.5) is 8.78 Å². The molecule has 0 radical (unpaired) electrons. The van der Waals surface area contributed by atoms with Crippen molar-refractivity contribution < 1.29 is 21.6 Å². The quantitative estimate of drug-likeness (QED) is 0.841. The second-order valence-electron chi connectivity index (χ2n) is 5.83. The maximum atomic E-state index is 13.9. The number of hydrogen-bond acceptors (Lipinski definition) is 5. The van der Waals surface area contributed by atoms with Crippen LogP contribution in [0.1, 0.15) is 36.7 Å². The summed E-state index contributed by atoms with van der Waals surface area (Å²) < 4.78 is 59.5. The third-order valence-electron chi connectivity index (χ3n) is 3.92. The highest BCUT2D eigenvalue weighted by Gasteiger charge is 2.52. The topological polar surface area (TPSA) is 76.3 Å². The number of aromatic nitrogens is 2. The Hall–Kier alpha value is -1.87. The third kappa shape index (κ3) is 3.05. The molecule has 1 saturated heterocycles. The predicted molar refractivity (Wildman–Crippen MR) is 81.1 cm³/mol. The average molecular weight is 357 g/mol. The van der Waals surface area contributed by atoms with E-state index in [0.29, 0.717) is 6.42 Å². The molecule has 9 heteroatoms. The monoisotopic (exact) mass is 357 g/mol. The molecule has 1 aromatic carbocycles. The summed E-state index contributed by atoms with van der Waals surface area (Å²) >= 11 is 0. The van der Waals surface area contributed by atoms with E-state index in [0.717, 1.165) is 9.87 Å². The fraction of sp³-hybridized carbons (Fsp3) is 0.467. The van der Waals surface area contributed by atoms with Crippen LogP contribution in [-0.4, -0.2) is 35.4 Å². The van der Waals surface area contributed by atoms with Gasteiger partial charge in [0.1, 0.15) is 6.04 Å². The minimum atomic E-state index is -4.10. The number of hydrogen-bond donors (Lipinski definition) is 0. The molecule has 0 spiro atoms. The molecule has 1 aromatic heterocycles. The number of alkyl halides is 2. The molecular formula is C15H17F2N3O3S. The van der Waals surface area contributed by atoms with Crippen molar-refractivity contribution in [2.45, 2.75) is 43.5 Å². The Labute approximate surface area is 138 Å². The minimum Gasteiger partial charge on any atom is -0.424 e. The summed E-state index contributed by atoms with van der Waals surface area (Å²) in [7, 11) is -4.10. The van der Waals surface area contributed by atoms with Crippen LogP contribution < -0.4 is 0 Å². The molecule has 1 aliphatic heterocycles. The highest BCUT2D eigenvalue weighted by molar-refractivity contribution is 7.89. The molecule has 6 nitrogen and oxygen atoms in total. The van der Waals surface area contributed by atoms with Gasteiger partial charge in [0.05, 0.1) is 11.4 Å². The van der Waals surface area contributed by atoms with Crippen LogP contribution in [0.15, 0.2) is 33.6 Å². The average Bonchev–Trinajstić information content (AvgIpc) is 3.11. The van der Waals surface area contributed by atoms with Gasteiger partial charge in [-0.15, -0.1) is 10.2 Å². The standard InChI is InChI=1S/C15H17F2N3O3S/c1-3-13-18-19-14(23-13)12-8-15(16,17)9-20(12)24(21,22)11-6-4-10(2)5-7-11/h4-7,12H,3,8-9H2,1-2H3/t12-/m0/s1. The summed E-state index contributed by atoms with van der Waals surface area (Å²) in [5.74, 6) is -2.96. The van der Waals surface area contributed by atoms with Crippen LogP contribution in [0.3, 0.4) is 0 Å². The van der Waals surface area contributed by atoms with Crippen LogP contribution in [0.25, 0.3) is 0 Å². The Balaban J connectivity index is 2.01. The van der Waals surface area contributed by atoms with E-state index >= 15 is 0 Å².